The van der Waals surface area contributed by atoms with Crippen molar-refractivity contribution in [2.24, 2.45) is 4.99 Å². The number of halogens is 3. The molecule has 0 bridgehead atoms. The molecule has 0 aliphatic rings. The Morgan fingerprint density at radius 3 is 2.80 bits per heavy atom. The van der Waals surface area contributed by atoms with E-state index in [0.29, 0.717) is 37.0 Å². The molecule has 0 fully saturated rings. The Balaban J connectivity index is 2.52. The van der Waals surface area contributed by atoms with Gasteiger partial charge in [0.1, 0.15) is 0 Å². The number of guanidine groups is 1. The zero-order valence-electron chi connectivity index (χ0n) is 11.1. The lowest BCUT2D eigenvalue weighted by Gasteiger charge is -2.08. The lowest BCUT2D eigenvalue weighted by molar-refractivity contribution is -0.140. The lowest BCUT2D eigenvalue weighted by atomic mass is 10.4. The van der Waals surface area contributed by atoms with Crippen LogP contribution in [0.2, 0.25) is 0 Å². The molecule has 0 aliphatic heterocycles. The number of rotatable bonds is 6. The van der Waals surface area contributed by atoms with Crippen molar-refractivity contribution in [2.75, 3.05) is 19.6 Å². The molecule has 1 heterocycles. The van der Waals surface area contributed by atoms with E-state index in [9.17, 15) is 13.2 Å². The maximum Gasteiger partial charge on any atom is 0.434 e. The van der Waals surface area contributed by atoms with Crippen LogP contribution in [0.1, 0.15) is 17.6 Å². The largest absolute Gasteiger partial charge is 0.434 e. The van der Waals surface area contributed by atoms with E-state index in [4.69, 9.17) is 0 Å². The van der Waals surface area contributed by atoms with E-state index in [2.05, 4.69) is 27.2 Å². The van der Waals surface area contributed by atoms with Crippen molar-refractivity contribution in [3.05, 3.63) is 28.7 Å². The van der Waals surface area contributed by atoms with Crippen LogP contribution in [0.5, 0.6) is 0 Å². The van der Waals surface area contributed by atoms with Crippen LogP contribution in [-0.4, -0.2) is 30.6 Å². The van der Waals surface area contributed by atoms with E-state index in [0.717, 1.165) is 16.7 Å². The molecule has 20 heavy (non-hydrogen) atoms. The average molecular weight is 306 g/mol. The third kappa shape index (κ3) is 5.60. The highest BCUT2D eigenvalue weighted by molar-refractivity contribution is 7.09. The Morgan fingerprint density at radius 2 is 2.25 bits per heavy atom. The van der Waals surface area contributed by atoms with Crippen molar-refractivity contribution in [3.63, 3.8) is 0 Å². The summed E-state index contributed by atoms with van der Waals surface area (Å²) in [6.45, 7) is 7.17. The smallest absolute Gasteiger partial charge is 0.357 e. The fourth-order valence-electron chi connectivity index (χ4n) is 1.33. The van der Waals surface area contributed by atoms with Crippen LogP contribution in [0, 0.1) is 0 Å². The van der Waals surface area contributed by atoms with Crippen LogP contribution >= 0.6 is 11.3 Å². The van der Waals surface area contributed by atoms with Gasteiger partial charge < -0.3 is 10.6 Å². The molecule has 0 saturated carbocycles. The van der Waals surface area contributed by atoms with Gasteiger partial charge in [0, 0.05) is 31.4 Å². The number of nitrogens with one attached hydrogen (secondary N) is 2. The number of alkyl halides is 3. The fourth-order valence-corrected chi connectivity index (χ4v) is 2.12. The predicted octanol–water partition coefficient (Wildman–Crippen LogP) is 2.45. The molecule has 4 nitrogen and oxygen atoms in total. The Hall–Kier alpha value is -1.57. The summed E-state index contributed by atoms with van der Waals surface area (Å²) in [5, 5.41) is 7.50. The Labute approximate surface area is 119 Å². The highest BCUT2D eigenvalue weighted by atomic mass is 32.1. The molecule has 0 aromatic carbocycles. The SMILES string of the molecule is C=CCNC(=NCCc1nc(C(F)(F)F)cs1)NCC. The molecule has 0 radical (unpaired) electrons. The van der Waals surface area contributed by atoms with E-state index in [1.54, 1.807) is 6.08 Å². The highest BCUT2D eigenvalue weighted by Crippen LogP contribution is 2.30. The van der Waals surface area contributed by atoms with Gasteiger partial charge in [0.15, 0.2) is 11.7 Å². The Bertz CT molecular complexity index is 454. The average Bonchev–Trinajstić information content (AvgIpc) is 2.84. The summed E-state index contributed by atoms with van der Waals surface area (Å²) in [6, 6.07) is 0. The zero-order valence-corrected chi connectivity index (χ0v) is 11.9. The van der Waals surface area contributed by atoms with Crippen molar-refractivity contribution < 1.29 is 13.2 Å². The van der Waals surface area contributed by atoms with E-state index >= 15 is 0 Å². The van der Waals surface area contributed by atoms with Gasteiger partial charge in [-0.1, -0.05) is 6.08 Å². The molecule has 0 spiro atoms. The van der Waals surface area contributed by atoms with Crippen LogP contribution in [0.15, 0.2) is 23.0 Å². The predicted molar refractivity (Wildman–Crippen MR) is 75.0 cm³/mol. The van der Waals surface area contributed by atoms with Gasteiger partial charge in [0.2, 0.25) is 0 Å². The quantitative estimate of drug-likeness (QED) is 0.482. The maximum absolute atomic E-state index is 12.4. The minimum Gasteiger partial charge on any atom is -0.357 e. The summed E-state index contributed by atoms with van der Waals surface area (Å²) in [4.78, 5) is 7.80. The summed E-state index contributed by atoms with van der Waals surface area (Å²) >= 11 is 1.00. The van der Waals surface area contributed by atoms with Crippen LogP contribution in [0.3, 0.4) is 0 Å². The lowest BCUT2D eigenvalue weighted by Crippen LogP contribution is -2.37. The summed E-state index contributed by atoms with van der Waals surface area (Å²) in [5.74, 6) is 0.611. The first kappa shape index (κ1) is 16.5. The topological polar surface area (TPSA) is 49.3 Å². The Morgan fingerprint density at radius 1 is 1.50 bits per heavy atom. The van der Waals surface area contributed by atoms with Crippen molar-refractivity contribution in [3.8, 4) is 0 Å². The molecule has 0 amide bonds. The second-order valence-electron chi connectivity index (χ2n) is 3.80. The second-order valence-corrected chi connectivity index (χ2v) is 4.75. The molecule has 1 rings (SSSR count). The van der Waals surface area contributed by atoms with Gasteiger partial charge >= 0.3 is 6.18 Å². The van der Waals surface area contributed by atoms with Crippen molar-refractivity contribution in [2.45, 2.75) is 19.5 Å². The zero-order chi connectivity index (χ0) is 15.0. The van der Waals surface area contributed by atoms with Gasteiger partial charge in [0.05, 0.1) is 5.01 Å². The molecule has 1 aromatic rings. The minimum atomic E-state index is -4.38. The number of hydrogen-bond acceptors (Lipinski definition) is 3. The molecule has 0 unspecified atom stereocenters. The van der Waals surface area contributed by atoms with E-state index in [1.807, 2.05) is 6.92 Å². The van der Waals surface area contributed by atoms with Gasteiger partial charge in [-0.15, -0.1) is 17.9 Å². The standard InChI is InChI=1S/C12H17F3N4S/c1-3-6-17-11(16-4-2)18-7-5-10-19-9(8-20-10)12(13,14)15/h3,8H,1,4-7H2,2H3,(H2,16,17,18). The third-order valence-corrected chi connectivity index (χ3v) is 3.10. The monoisotopic (exact) mass is 306 g/mol. The van der Waals surface area contributed by atoms with Crippen molar-refractivity contribution >= 4 is 17.3 Å². The van der Waals surface area contributed by atoms with Gasteiger partial charge in [-0.3, -0.25) is 4.99 Å². The molecule has 1 aromatic heterocycles. The van der Waals surface area contributed by atoms with E-state index in [-0.39, 0.29) is 0 Å². The normalized spacial score (nSPS) is 12.3. The van der Waals surface area contributed by atoms with Gasteiger partial charge in [-0.25, -0.2) is 4.98 Å². The first-order valence-corrected chi connectivity index (χ1v) is 7.00. The second kappa shape index (κ2) is 7.88. The van der Waals surface area contributed by atoms with Crippen LogP contribution < -0.4 is 10.6 Å². The number of nitrogens with zero attached hydrogens (tertiary/aromatic N) is 2. The van der Waals surface area contributed by atoms with E-state index < -0.39 is 11.9 Å². The third-order valence-electron chi connectivity index (χ3n) is 2.20. The molecule has 112 valence electrons. The fraction of sp³-hybridized carbons (Fsp3) is 0.500. The first-order valence-electron chi connectivity index (χ1n) is 6.12. The van der Waals surface area contributed by atoms with Crippen LogP contribution in [0.25, 0.3) is 0 Å². The molecule has 0 aliphatic carbocycles. The van der Waals surface area contributed by atoms with Crippen LogP contribution in [0.4, 0.5) is 13.2 Å². The highest BCUT2D eigenvalue weighted by Gasteiger charge is 2.33. The molecule has 0 atom stereocenters. The van der Waals surface area contributed by atoms with Gasteiger partial charge in [0.25, 0.3) is 0 Å². The maximum atomic E-state index is 12.4. The number of hydrogen-bond donors (Lipinski definition) is 2. The number of thiazole rings is 1. The first-order chi connectivity index (χ1) is 9.47. The molecule has 2 N–H and O–H groups in total. The molecular weight excluding hydrogens is 289 g/mol. The van der Waals surface area contributed by atoms with E-state index in [1.165, 1.54) is 0 Å². The molecular formula is C12H17F3N4S. The number of aromatic nitrogens is 1. The minimum absolute atomic E-state index is 0.372. The molecule has 0 saturated heterocycles. The number of aliphatic imine (C=N–C) groups is 1. The van der Waals surface area contributed by atoms with Gasteiger partial charge in [-0.2, -0.15) is 13.2 Å². The summed E-state index contributed by atoms with van der Waals surface area (Å²) in [6.07, 6.45) is -2.30. The Kier molecular flexibility index (Phi) is 6.50. The van der Waals surface area contributed by atoms with Crippen LogP contribution in [-0.2, 0) is 12.6 Å². The van der Waals surface area contributed by atoms with Gasteiger partial charge in [-0.05, 0) is 6.92 Å². The summed E-state index contributed by atoms with van der Waals surface area (Å²) < 4.78 is 37.1. The van der Waals surface area contributed by atoms with Crippen molar-refractivity contribution in [1.82, 2.24) is 15.6 Å². The molecule has 8 heteroatoms. The van der Waals surface area contributed by atoms with Crippen molar-refractivity contribution in [1.29, 1.82) is 0 Å². The summed E-state index contributed by atoms with van der Waals surface area (Å²) in [7, 11) is 0. The summed E-state index contributed by atoms with van der Waals surface area (Å²) in [5.41, 5.74) is -0.835.